The van der Waals surface area contributed by atoms with Gasteiger partial charge in [0.2, 0.25) is 0 Å². The Hall–Kier alpha value is -2.17. The van der Waals surface area contributed by atoms with Gasteiger partial charge < -0.3 is 5.11 Å². The van der Waals surface area contributed by atoms with Crippen molar-refractivity contribution in [1.82, 2.24) is 9.78 Å². The number of benzene rings is 1. The van der Waals surface area contributed by atoms with Gasteiger partial charge in [-0.15, -0.1) is 0 Å². The summed E-state index contributed by atoms with van der Waals surface area (Å²) in [6.45, 7) is 3.55. The van der Waals surface area contributed by atoms with Gasteiger partial charge in [-0.05, 0) is 37.1 Å². The first kappa shape index (κ1) is 13.3. The van der Waals surface area contributed by atoms with Crippen LogP contribution in [0.4, 0.5) is 4.39 Å². The molecule has 2 aromatic rings. The second kappa shape index (κ2) is 4.84. The largest absolute Gasteiger partial charge is 0.481 e. The van der Waals surface area contributed by atoms with Gasteiger partial charge in [0.1, 0.15) is 5.82 Å². The van der Waals surface area contributed by atoms with E-state index in [1.165, 1.54) is 6.07 Å². The van der Waals surface area contributed by atoms with Crippen molar-refractivity contribution in [2.24, 2.45) is 7.05 Å². The van der Waals surface area contributed by atoms with E-state index in [-0.39, 0.29) is 12.2 Å². The fourth-order valence-electron chi connectivity index (χ4n) is 2.12. The van der Waals surface area contributed by atoms with Gasteiger partial charge in [-0.2, -0.15) is 5.10 Å². The lowest BCUT2D eigenvalue weighted by atomic mass is 10.00. The fraction of sp³-hybridized carbons (Fsp3) is 0.286. The predicted octanol–water partition coefficient (Wildman–Crippen LogP) is 2.47. The SMILES string of the molecule is Cc1cc(-c2c(CC(=O)O)nn(C)c2C)ccc1F. The summed E-state index contributed by atoms with van der Waals surface area (Å²) in [5.41, 5.74) is 3.46. The number of carbonyl (C=O) groups is 1. The highest BCUT2D eigenvalue weighted by Gasteiger charge is 2.17. The van der Waals surface area contributed by atoms with E-state index >= 15 is 0 Å². The molecule has 0 aliphatic heterocycles. The Kier molecular flexibility index (Phi) is 3.38. The van der Waals surface area contributed by atoms with Gasteiger partial charge in [0.15, 0.2) is 0 Å². The van der Waals surface area contributed by atoms with Crippen molar-refractivity contribution in [3.63, 3.8) is 0 Å². The van der Waals surface area contributed by atoms with E-state index in [9.17, 15) is 9.18 Å². The molecule has 0 saturated heterocycles. The van der Waals surface area contributed by atoms with Crippen LogP contribution < -0.4 is 0 Å². The Morgan fingerprint density at radius 2 is 2.11 bits per heavy atom. The first-order chi connectivity index (χ1) is 8.90. The van der Waals surface area contributed by atoms with E-state index in [0.717, 1.165) is 16.8 Å². The molecule has 0 saturated carbocycles. The van der Waals surface area contributed by atoms with Gasteiger partial charge in [-0.1, -0.05) is 6.07 Å². The van der Waals surface area contributed by atoms with Crippen LogP contribution in [0.15, 0.2) is 18.2 Å². The smallest absolute Gasteiger partial charge is 0.309 e. The summed E-state index contributed by atoms with van der Waals surface area (Å²) < 4.78 is 15.0. The third kappa shape index (κ3) is 2.50. The second-order valence-electron chi connectivity index (χ2n) is 4.57. The summed E-state index contributed by atoms with van der Waals surface area (Å²) in [5, 5.41) is 13.1. The van der Waals surface area contributed by atoms with Crippen molar-refractivity contribution >= 4 is 5.97 Å². The van der Waals surface area contributed by atoms with Crippen molar-refractivity contribution in [2.45, 2.75) is 20.3 Å². The zero-order chi connectivity index (χ0) is 14.2. The molecule has 4 nitrogen and oxygen atoms in total. The maximum Gasteiger partial charge on any atom is 0.309 e. The van der Waals surface area contributed by atoms with Crippen LogP contribution in [0.5, 0.6) is 0 Å². The maximum absolute atomic E-state index is 13.3. The van der Waals surface area contributed by atoms with Crippen LogP contribution in [-0.4, -0.2) is 20.9 Å². The zero-order valence-electron chi connectivity index (χ0n) is 11.1. The van der Waals surface area contributed by atoms with E-state index < -0.39 is 5.97 Å². The molecular weight excluding hydrogens is 247 g/mol. The molecule has 5 heteroatoms. The fourth-order valence-corrected chi connectivity index (χ4v) is 2.12. The average molecular weight is 262 g/mol. The van der Waals surface area contributed by atoms with Crippen molar-refractivity contribution in [1.29, 1.82) is 0 Å². The maximum atomic E-state index is 13.3. The summed E-state index contributed by atoms with van der Waals surface area (Å²) in [6, 6.07) is 4.75. The number of aliphatic carboxylic acids is 1. The molecule has 0 bridgehead atoms. The van der Waals surface area contributed by atoms with Crippen LogP contribution in [-0.2, 0) is 18.3 Å². The standard InChI is InChI=1S/C14H15FN2O2/c1-8-6-10(4-5-11(8)15)14-9(2)17(3)16-12(14)7-13(18)19/h4-6H,7H2,1-3H3,(H,18,19). The number of hydrogen-bond donors (Lipinski definition) is 1. The van der Waals surface area contributed by atoms with Crippen LogP contribution in [0, 0.1) is 19.7 Å². The molecule has 1 N–H and O–H groups in total. The first-order valence-corrected chi connectivity index (χ1v) is 5.91. The van der Waals surface area contributed by atoms with Crippen molar-refractivity contribution in [2.75, 3.05) is 0 Å². The molecule has 0 unspecified atom stereocenters. The Morgan fingerprint density at radius 3 is 2.68 bits per heavy atom. The highest BCUT2D eigenvalue weighted by molar-refractivity contribution is 5.76. The van der Waals surface area contributed by atoms with Crippen molar-refractivity contribution in [3.05, 3.63) is 41.0 Å². The third-order valence-electron chi connectivity index (χ3n) is 3.17. The Labute approximate surface area is 110 Å². The van der Waals surface area contributed by atoms with E-state index in [1.807, 2.05) is 6.92 Å². The second-order valence-corrected chi connectivity index (χ2v) is 4.57. The molecule has 1 aromatic carbocycles. The number of nitrogens with zero attached hydrogens (tertiary/aromatic N) is 2. The summed E-state index contributed by atoms with van der Waals surface area (Å²) in [7, 11) is 1.76. The molecule has 1 heterocycles. The summed E-state index contributed by atoms with van der Waals surface area (Å²) in [6.07, 6.45) is -0.145. The minimum atomic E-state index is -0.932. The molecule has 2 rings (SSSR count). The predicted molar refractivity (Wildman–Crippen MR) is 69.4 cm³/mol. The molecule has 100 valence electrons. The van der Waals surface area contributed by atoms with Crippen LogP contribution >= 0.6 is 0 Å². The first-order valence-electron chi connectivity index (χ1n) is 5.91. The number of carboxylic acids is 1. The normalized spacial score (nSPS) is 10.7. The number of hydrogen-bond acceptors (Lipinski definition) is 2. The number of aromatic nitrogens is 2. The van der Waals surface area contributed by atoms with Crippen LogP contribution in [0.1, 0.15) is 17.0 Å². The molecule has 0 aliphatic carbocycles. The lowest BCUT2D eigenvalue weighted by molar-refractivity contribution is -0.136. The van der Waals surface area contributed by atoms with E-state index in [1.54, 1.807) is 30.8 Å². The van der Waals surface area contributed by atoms with E-state index in [0.29, 0.717) is 11.3 Å². The molecule has 1 aromatic heterocycles. The summed E-state index contributed by atoms with van der Waals surface area (Å²) in [4.78, 5) is 10.9. The molecule has 19 heavy (non-hydrogen) atoms. The monoisotopic (exact) mass is 262 g/mol. The van der Waals surface area contributed by atoms with Gasteiger partial charge in [-0.25, -0.2) is 4.39 Å². The molecule has 0 atom stereocenters. The Morgan fingerprint density at radius 1 is 1.42 bits per heavy atom. The summed E-state index contributed by atoms with van der Waals surface area (Å²) in [5.74, 6) is -1.21. The summed E-state index contributed by atoms with van der Waals surface area (Å²) >= 11 is 0. The minimum absolute atomic E-state index is 0.145. The van der Waals surface area contributed by atoms with Crippen LogP contribution in [0.25, 0.3) is 11.1 Å². The van der Waals surface area contributed by atoms with Gasteiger partial charge >= 0.3 is 5.97 Å². The number of aryl methyl sites for hydroxylation is 2. The van der Waals surface area contributed by atoms with Gasteiger partial charge in [0.25, 0.3) is 0 Å². The average Bonchev–Trinajstić information content (AvgIpc) is 2.58. The molecule has 0 aliphatic rings. The van der Waals surface area contributed by atoms with E-state index in [2.05, 4.69) is 5.10 Å². The lowest BCUT2D eigenvalue weighted by Gasteiger charge is -2.05. The van der Waals surface area contributed by atoms with E-state index in [4.69, 9.17) is 5.11 Å². The number of halogens is 1. The molecule has 0 spiro atoms. The van der Waals surface area contributed by atoms with Crippen LogP contribution in [0.3, 0.4) is 0 Å². The van der Waals surface area contributed by atoms with Crippen LogP contribution in [0.2, 0.25) is 0 Å². The van der Waals surface area contributed by atoms with Crippen molar-refractivity contribution in [3.8, 4) is 11.1 Å². The van der Waals surface area contributed by atoms with Gasteiger partial charge in [0, 0.05) is 18.3 Å². The van der Waals surface area contributed by atoms with Crippen molar-refractivity contribution < 1.29 is 14.3 Å². The number of carboxylic acid groups (broad SMARTS) is 1. The lowest BCUT2D eigenvalue weighted by Crippen LogP contribution is -2.02. The molecular formula is C14H15FN2O2. The molecule has 0 radical (unpaired) electrons. The Balaban J connectivity index is 2.59. The zero-order valence-corrected chi connectivity index (χ0v) is 11.1. The highest BCUT2D eigenvalue weighted by atomic mass is 19.1. The van der Waals surface area contributed by atoms with Gasteiger partial charge in [-0.3, -0.25) is 9.48 Å². The number of rotatable bonds is 3. The molecule has 0 amide bonds. The molecule has 0 fully saturated rings. The quantitative estimate of drug-likeness (QED) is 0.924. The Bertz CT molecular complexity index is 647. The van der Waals surface area contributed by atoms with Gasteiger partial charge in [0.05, 0.1) is 12.1 Å². The topological polar surface area (TPSA) is 55.1 Å². The third-order valence-corrected chi connectivity index (χ3v) is 3.17. The minimum Gasteiger partial charge on any atom is -0.481 e. The highest BCUT2D eigenvalue weighted by Crippen LogP contribution is 2.28.